The molecule has 0 unspecified atom stereocenters. The number of anilines is 1. The summed E-state index contributed by atoms with van der Waals surface area (Å²) < 4.78 is 10.7. The molecule has 156 valence electrons. The molecule has 2 amide bonds. The SMILES string of the molecule is COC(=O)Nc1ccc(C2=C(C(=O)O)N3C(=O)[C@H]([C@@H](C)O[Si](C)(C)C)[C@H]3C2)cc1. The number of hydrogen-bond donors (Lipinski definition) is 2. The largest absolute Gasteiger partial charge is 0.477 e. The van der Waals surface area contributed by atoms with Crippen LogP contribution in [0.25, 0.3) is 5.57 Å². The van der Waals surface area contributed by atoms with E-state index in [1.807, 2.05) is 6.92 Å². The highest BCUT2D eigenvalue weighted by Crippen LogP contribution is 2.47. The number of ether oxygens (including phenoxy) is 1. The molecular weight excluding hydrogens is 392 g/mol. The van der Waals surface area contributed by atoms with Gasteiger partial charge in [-0.1, -0.05) is 12.1 Å². The zero-order valence-electron chi connectivity index (χ0n) is 17.2. The van der Waals surface area contributed by atoms with Gasteiger partial charge in [0.1, 0.15) is 5.70 Å². The molecule has 0 bridgehead atoms. The van der Waals surface area contributed by atoms with Crippen LogP contribution in [0.2, 0.25) is 19.6 Å². The number of β-lactam (4-membered cyclic amide) rings is 1. The van der Waals surface area contributed by atoms with Gasteiger partial charge in [0.25, 0.3) is 0 Å². The quantitative estimate of drug-likeness (QED) is 0.543. The molecule has 2 heterocycles. The molecule has 1 aromatic rings. The summed E-state index contributed by atoms with van der Waals surface area (Å²) in [4.78, 5) is 37.4. The molecule has 8 nitrogen and oxygen atoms in total. The first-order valence-electron chi connectivity index (χ1n) is 9.46. The molecule has 1 saturated heterocycles. The highest BCUT2D eigenvalue weighted by atomic mass is 28.4. The van der Waals surface area contributed by atoms with Crippen LogP contribution < -0.4 is 5.32 Å². The van der Waals surface area contributed by atoms with E-state index in [0.717, 1.165) is 0 Å². The van der Waals surface area contributed by atoms with Gasteiger partial charge < -0.3 is 19.2 Å². The summed E-state index contributed by atoms with van der Waals surface area (Å²) in [6.07, 6.45) is -0.379. The normalized spacial score (nSPS) is 22.1. The Morgan fingerprint density at radius 1 is 1.24 bits per heavy atom. The summed E-state index contributed by atoms with van der Waals surface area (Å²) in [5.41, 5.74) is 1.89. The molecule has 2 aliphatic rings. The van der Waals surface area contributed by atoms with E-state index in [1.54, 1.807) is 24.3 Å². The highest BCUT2D eigenvalue weighted by molar-refractivity contribution is 6.69. The molecule has 9 heteroatoms. The number of methoxy groups -OCH3 is 1. The highest BCUT2D eigenvalue weighted by Gasteiger charge is 2.57. The van der Waals surface area contributed by atoms with Crippen molar-refractivity contribution in [1.82, 2.24) is 4.90 Å². The Kier molecular flexibility index (Phi) is 5.55. The number of carbonyl (C=O) groups excluding carboxylic acids is 2. The van der Waals surface area contributed by atoms with Crippen molar-refractivity contribution in [3.8, 4) is 0 Å². The first kappa shape index (κ1) is 21.1. The molecular formula is C20H26N2O6Si. The maximum atomic E-state index is 12.8. The molecule has 2 N–H and O–H groups in total. The third kappa shape index (κ3) is 4.06. The number of carboxylic acids is 1. The van der Waals surface area contributed by atoms with Crippen molar-refractivity contribution in [2.75, 3.05) is 12.4 Å². The minimum atomic E-state index is -1.83. The lowest BCUT2D eigenvalue weighted by Gasteiger charge is -2.47. The summed E-state index contributed by atoms with van der Waals surface area (Å²) in [7, 11) is -0.553. The number of fused-ring (bicyclic) bond motifs is 1. The number of aliphatic carboxylic acids is 1. The van der Waals surface area contributed by atoms with Gasteiger partial charge in [-0.2, -0.15) is 0 Å². The smallest absolute Gasteiger partial charge is 0.411 e. The van der Waals surface area contributed by atoms with Gasteiger partial charge in [0.05, 0.1) is 25.2 Å². The van der Waals surface area contributed by atoms with Gasteiger partial charge >= 0.3 is 12.1 Å². The number of carboxylic acid groups (broad SMARTS) is 1. The molecule has 1 aromatic carbocycles. The van der Waals surface area contributed by atoms with E-state index in [9.17, 15) is 19.5 Å². The number of nitrogens with zero attached hydrogens (tertiary/aromatic N) is 1. The van der Waals surface area contributed by atoms with Crippen molar-refractivity contribution >= 4 is 37.5 Å². The van der Waals surface area contributed by atoms with Crippen molar-refractivity contribution in [2.24, 2.45) is 5.92 Å². The van der Waals surface area contributed by atoms with Crippen molar-refractivity contribution in [2.45, 2.75) is 45.1 Å². The van der Waals surface area contributed by atoms with Crippen LogP contribution in [0.15, 0.2) is 30.0 Å². The summed E-state index contributed by atoms with van der Waals surface area (Å²) >= 11 is 0. The van der Waals surface area contributed by atoms with Gasteiger partial charge in [-0.15, -0.1) is 0 Å². The van der Waals surface area contributed by atoms with Crippen LogP contribution in [0.5, 0.6) is 0 Å². The van der Waals surface area contributed by atoms with Gasteiger partial charge in [0.15, 0.2) is 8.32 Å². The van der Waals surface area contributed by atoms with E-state index >= 15 is 0 Å². The number of rotatable bonds is 6. The molecule has 1 fully saturated rings. The third-order valence-electron chi connectivity index (χ3n) is 5.12. The van der Waals surface area contributed by atoms with E-state index in [0.29, 0.717) is 23.2 Å². The number of carbonyl (C=O) groups is 3. The third-order valence-corrected chi connectivity index (χ3v) is 6.20. The fraction of sp³-hybridized carbons (Fsp3) is 0.450. The standard InChI is InChI=1S/C20H26N2O6Si/c1-11(28-29(3,4)5)16-15-10-14(17(19(24)25)22(15)18(16)23)12-6-8-13(9-7-12)21-20(26)27-2/h6-9,11,15-16H,10H2,1-5H3,(H,21,26)(H,24,25)/t11-,15-,16-/m1/s1. The zero-order chi connectivity index (χ0) is 21.5. The minimum absolute atomic E-state index is 0.0325. The number of benzene rings is 1. The molecule has 2 aliphatic heterocycles. The second kappa shape index (κ2) is 7.64. The topological polar surface area (TPSA) is 105 Å². The minimum Gasteiger partial charge on any atom is -0.477 e. The number of hydrogen-bond acceptors (Lipinski definition) is 5. The molecule has 0 radical (unpaired) electrons. The number of amides is 2. The Balaban J connectivity index is 1.84. The van der Waals surface area contributed by atoms with Crippen LogP contribution >= 0.6 is 0 Å². The van der Waals surface area contributed by atoms with Gasteiger partial charge in [0.2, 0.25) is 5.91 Å². The monoisotopic (exact) mass is 418 g/mol. The molecule has 0 spiro atoms. The lowest BCUT2D eigenvalue weighted by atomic mass is 9.82. The van der Waals surface area contributed by atoms with Gasteiger partial charge in [-0.05, 0) is 56.3 Å². The van der Waals surface area contributed by atoms with Crippen LogP contribution in [0, 0.1) is 5.92 Å². The maximum Gasteiger partial charge on any atom is 0.411 e. The molecule has 0 aromatic heterocycles. The first-order valence-corrected chi connectivity index (χ1v) is 12.9. The Bertz CT molecular complexity index is 874. The average Bonchev–Trinajstić information content (AvgIpc) is 2.96. The van der Waals surface area contributed by atoms with Crippen molar-refractivity contribution < 1.29 is 28.7 Å². The van der Waals surface area contributed by atoms with Gasteiger partial charge in [-0.3, -0.25) is 10.1 Å². The fourth-order valence-electron chi connectivity index (χ4n) is 4.07. The molecule has 0 saturated carbocycles. The van der Waals surface area contributed by atoms with E-state index in [1.165, 1.54) is 12.0 Å². The van der Waals surface area contributed by atoms with Crippen LogP contribution in [-0.4, -0.2) is 55.5 Å². The van der Waals surface area contributed by atoms with Crippen LogP contribution in [-0.2, 0) is 18.8 Å². The lowest BCUT2D eigenvalue weighted by molar-refractivity contribution is -0.160. The molecule has 3 rings (SSSR count). The molecule has 0 aliphatic carbocycles. The van der Waals surface area contributed by atoms with Crippen molar-refractivity contribution in [3.05, 3.63) is 35.5 Å². The Hall–Kier alpha value is -2.65. The fourth-order valence-corrected chi connectivity index (χ4v) is 5.33. The Morgan fingerprint density at radius 3 is 2.38 bits per heavy atom. The zero-order valence-corrected chi connectivity index (χ0v) is 18.2. The lowest BCUT2D eigenvalue weighted by Crippen LogP contribution is -2.63. The predicted octanol–water partition coefficient (Wildman–Crippen LogP) is 3.13. The van der Waals surface area contributed by atoms with E-state index < -0.39 is 20.4 Å². The van der Waals surface area contributed by atoms with Crippen molar-refractivity contribution in [3.63, 3.8) is 0 Å². The van der Waals surface area contributed by atoms with E-state index in [4.69, 9.17) is 4.43 Å². The van der Waals surface area contributed by atoms with E-state index in [2.05, 4.69) is 29.7 Å². The predicted molar refractivity (Wildman–Crippen MR) is 110 cm³/mol. The average molecular weight is 419 g/mol. The second-order valence-electron chi connectivity index (χ2n) is 8.27. The van der Waals surface area contributed by atoms with E-state index in [-0.39, 0.29) is 29.7 Å². The Morgan fingerprint density at radius 2 is 1.86 bits per heavy atom. The molecule has 29 heavy (non-hydrogen) atoms. The number of nitrogens with one attached hydrogen (secondary N) is 1. The maximum absolute atomic E-state index is 12.8. The van der Waals surface area contributed by atoms with Gasteiger partial charge in [0, 0.05) is 5.69 Å². The second-order valence-corrected chi connectivity index (χ2v) is 12.7. The summed E-state index contributed by atoms with van der Waals surface area (Å²) in [6, 6.07) is 6.60. The van der Waals surface area contributed by atoms with Crippen LogP contribution in [0.1, 0.15) is 18.9 Å². The Labute approximate surface area is 170 Å². The van der Waals surface area contributed by atoms with Crippen LogP contribution in [0.4, 0.5) is 10.5 Å². The van der Waals surface area contributed by atoms with Gasteiger partial charge in [-0.25, -0.2) is 9.59 Å². The van der Waals surface area contributed by atoms with Crippen LogP contribution in [0.3, 0.4) is 0 Å². The first-order chi connectivity index (χ1) is 13.5. The summed E-state index contributed by atoms with van der Waals surface area (Å²) in [5.74, 6) is -1.66. The van der Waals surface area contributed by atoms with Crippen molar-refractivity contribution in [1.29, 1.82) is 0 Å². The summed E-state index contributed by atoms with van der Waals surface area (Å²) in [6.45, 7) is 8.09. The summed E-state index contributed by atoms with van der Waals surface area (Å²) in [5, 5.41) is 12.3. The molecule has 3 atom stereocenters.